The molecule has 0 aromatic heterocycles. The molecule has 2 unspecified atom stereocenters. The van der Waals surface area contributed by atoms with E-state index in [-0.39, 0.29) is 17.6 Å². The van der Waals surface area contributed by atoms with E-state index < -0.39 is 11.6 Å². The molecular weight excluding hydrogens is 410 g/mol. The van der Waals surface area contributed by atoms with Crippen molar-refractivity contribution in [2.75, 3.05) is 26.5 Å². The number of carbonyl (C=O) groups excluding carboxylic acids is 2. The number of rotatable bonds is 7. The Hall–Kier alpha value is -2.31. The summed E-state index contributed by atoms with van der Waals surface area (Å²) in [6.45, 7) is 8.76. The lowest BCUT2D eigenvalue weighted by Crippen LogP contribution is -2.39. The molecule has 31 heavy (non-hydrogen) atoms. The lowest BCUT2D eigenvalue weighted by atomic mass is 9.82. The zero-order chi connectivity index (χ0) is 22.8. The van der Waals surface area contributed by atoms with Gasteiger partial charge in [0, 0.05) is 35.4 Å². The third-order valence-electron chi connectivity index (χ3n) is 5.87. The van der Waals surface area contributed by atoms with Crippen LogP contribution >= 0.6 is 11.8 Å². The predicted molar refractivity (Wildman–Crippen MR) is 124 cm³/mol. The van der Waals surface area contributed by atoms with E-state index in [1.165, 1.54) is 7.11 Å². The van der Waals surface area contributed by atoms with Crippen LogP contribution in [-0.4, -0.2) is 43.8 Å². The predicted octanol–water partition coefficient (Wildman–Crippen LogP) is 4.54. The number of benzene rings is 2. The Balaban J connectivity index is 1.86. The summed E-state index contributed by atoms with van der Waals surface area (Å²) < 4.78 is 10.9. The highest BCUT2D eigenvalue weighted by Crippen LogP contribution is 2.36. The van der Waals surface area contributed by atoms with Gasteiger partial charge in [-0.3, -0.25) is 4.79 Å². The van der Waals surface area contributed by atoms with Crippen LogP contribution in [-0.2, 0) is 9.53 Å². The molecule has 1 fully saturated rings. The molecule has 166 valence electrons. The van der Waals surface area contributed by atoms with Crippen LogP contribution in [0.4, 0.5) is 0 Å². The number of ether oxygens (including phenoxy) is 2. The summed E-state index contributed by atoms with van der Waals surface area (Å²) in [5.74, 6) is 0.407. The zero-order valence-electron chi connectivity index (χ0n) is 19.1. The molecule has 0 radical (unpaired) electrons. The van der Waals surface area contributed by atoms with Gasteiger partial charge in [-0.15, -0.1) is 11.8 Å². The number of nitrogens with one attached hydrogen (secondary N) is 1. The van der Waals surface area contributed by atoms with Gasteiger partial charge in [-0.25, -0.2) is 4.79 Å². The van der Waals surface area contributed by atoms with Gasteiger partial charge in [-0.05, 0) is 62.8 Å². The third-order valence-corrected chi connectivity index (χ3v) is 6.61. The van der Waals surface area contributed by atoms with E-state index in [2.05, 4.69) is 17.4 Å². The van der Waals surface area contributed by atoms with Crippen molar-refractivity contribution >= 4 is 23.5 Å². The summed E-state index contributed by atoms with van der Waals surface area (Å²) in [6, 6.07) is 12.0. The average Bonchev–Trinajstić information content (AvgIpc) is 3.25. The van der Waals surface area contributed by atoms with Crippen LogP contribution < -0.4 is 10.1 Å². The SMILES string of the molecule is COC(=O)C(C)(C)Oc1c(C)cc(C2CNCC2C(=O)c2ccc(SC)cc2)cc1C. The van der Waals surface area contributed by atoms with Gasteiger partial charge in [-0.1, -0.05) is 24.3 Å². The first kappa shape index (κ1) is 23.4. The molecule has 0 amide bonds. The number of carbonyl (C=O) groups is 2. The maximum atomic E-state index is 13.2. The minimum Gasteiger partial charge on any atom is -0.476 e. The number of Topliss-reactive ketones (excluding diaryl/α,β-unsaturated/α-hetero) is 1. The fourth-order valence-electron chi connectivity index (χ4n) is 4.18. The van der Waals surface area contributed by atoms with Gasteiger partial charge in [-0.2, -0.15) is 0 Å². The second kappa shape index (κ2) is 9.45. The molecule has 1 saturated heterocycles. The first-order valence-corrected chi connectivity index (χ1v) is 11.7. The molecule has 0 bridgehead atoms. The Morgan fingerprint density at radius 2 is 1.68 bits per heavy atom. The van der Waals surface area contributed by atoms with Gasteiger partial charge < -0.3 is 14.8 Å². The number of methoxy groups -OCH3 is 1. The number of hydrogen-bond donors (Lipinski definition) is 1. The van der Waals surface area contributed by atoms with Crippen molar-refractivity contribution in [3.8, 4) is 5.75 Å². The second-order valence-corrected chi connectivity index (χ2v) is 9.43. The maximum Gasteiger partial charge on any atom is 0.349 e. The van der Waals surface area contributed by atoms with Crippen LogP contribution in [0.5, 0.6) is 5.75 Å². The largest absolute Gasteiger partial charge is 0.476 e. The van der Waals surface area contributed by atoms with Crippen LogP contribution in [0, 0.1) is 19.8 Å². The molecular formula is C25H31NO4S. The smallest absolute Gasteiger partial charge is 0.349 e. The lowest BCUT2D eigenvalue weighted by molar-refractivity contribution is -0.156. The summed E-state index contributed by atoms with van der Waals surface area (Å²) in [7, 11) is 1.36. The van der Waals surface area contributed by atoms with E-state index in [1.807, 2.05) is 44.4 Å². The van der Waals surface area contributed by atoms with Crippen LogP contribution in [0.25, 0.3) is 0 Å². The standard InChI is InChI=1S/C25H31NO4S/c1-15-11-18(12-16(2)23(15)30-25(3,4)24(28)29-5)20-13-26-14-21(20)22(27)17-7-9-19(31-6)10-8-17/h7-12,20-21,26H,13-14H2,1-6H3. The van der Waals surface area contributed by atoms with E-state index in [0.717, 1.165) is 33.7 Å². The summed E-state index contributed by atoms with van der Waals surface area (Å²) in [6.07, 6.45) is 2.03. The Labute approximate surface area is 188 Å². The van der Waals surface area contributed by atoms with Gasteiger partial charge in [0.15, 0.2) is 11.4 Å². The van der Waals surface area contributed by atoms with E-state index in [9.17, 15) is 9.59 Å². The molecule has 0 aliphatic carbocycles. The highest BCUT2D eigenvalue weighted by atomic mass is 32.2. The molecule has 2 aromatic carbocycles. The maximum absolute atomic E-state index is 13.2. The first-order chi connectivity index (χ1) is 14.7. The highest BCUT2D eigenvalue weighted by molar-refractivity contribution is 7.98. The van der Waals surface area contributed by atoms with E-state index in [0.29, 0.717) is 12.3 Å². The van der Waals surface area contributed by atoms with Crippen LogP contribution in [0.3, 0.4) is 0 Å². The Morgan fingerprint density at radius 1 is 1.06 bits per heavy atom. The third kappa shape index (κ3) is 4.96. The van der Waals surface area contributed by atoms with E-state index >= 15 is 0 Å². The number of thioether (sulfide) groups is 1. The molecule has 5 nitrogen and oxygen atoms in total. The van der Waals surface area contributed by atoms with Crippen molar-refractivity contribution in [3.05, 3.63) is 58.7 Å². The molecule has 1 aliphatic heterocycles. The topological polar surface area (TPSA) is 64.6 Å². The number of hydrogen-bond acceptors (Lipinski definition) is 6. The van der Waals surface area contributed by atoms with E-state index in [1.54, 1.807) is 25.6 Å². The minimum atomic E-state index is -1.08. The molecule has 1 N–H and O–H groups in total. The van der Waals surface area contributed by atoms with Crippen molar-refractivity contribution < 1.29 is 19.1 Å². The van der Waals surface area contributed by atoms with Crippen molar-refractivity contribution in [3.63, 3.8) is 0 Å². The van der Waals surface area contributed by atoms with Crippen molar-refractivity contribution in [1.82, 2.24) is 5.32 Å². The number of aryl methyl sites for hydroxylation is 2. The summed E-state index contributed by atoms with van der Waals surface area (Å²) >= 11 is 1.67. The minimum absolute atomic E-state index is 0.0905. The first-order valence-electron chi connectivity index (χ1n) is 10.5. The Kier molecular flexibility index (Phi) is 7.12. The van der Waals surface area contributed by atoms with Gasteiger partial charge >= 0.3 is 5.97 Å². The fourth-order valence-corrected chi connectivity index (χ4v) is 4.58. The summed E-state index contributed by atoms with van der Waals surface area (Å²) in [4.78, 5) is 26.4. The number of esters is 1. The highest BCUT2D eigenvalue weighted by Gasteiger charge is 2.36. The van der Waals surface area contributed by atoms with Crippen LogP contribution in [0.15, 0.2) is 41.3 Å². The Bertz CT molecular complexity index is 945. The normalized spacial score (nSPS) is 18.6. The number of ketones is 1. The molecule has 3 rings (SSSR count). The van der Waals surface area contributed by atoms with E-state index in [4.69, 9.17) is 9.47 Å². The van der Waals surface area contributed by atoms with Gasteiger partial charge in [0.05, 0.1) is 7.11 Å². The molecule has 6 heteroatoms. The van der Waals surface area contributed by atoms with Crippen molar-refractivity contribution in [2.24, 2.45) is 5.92 Å². The van der Waals surface area contributed by atoms with Crippen molar-refractivity contribution in [1.29, 1.82) is 0 Å². The average molecular weight is 442 g/mol. The zero-order valence-corrected chi connectivity index (χ0v) is 19.9. The lowest BCUT2D eigenvalue weighted by Gasteiger charge is -2.27. The van der Waals surface area contributed by atoms with Gasteiger partial charge in [0.25, 0.3) is 0 Å². The molecule has 1 aliphatic rings. The quantitative estimate of drug-likeness (QED) is 0.387. The van der Waals surface area contributed by atoms with Crippen molar-refractivity contribution in [2.45, 2.75) is 44.1 Å². The molecule has 0 spiro atoms. The molecule has 2 atom stereocenters. The summed E-state index contributed by atoms with van der Waals surface area (Å²) in [5, 5.41) is 3.39. The van der Waals surface area contributed by atoms with Gasteiger partial charge in [0.2, 0.25) is 0 Å². The molecule has 0 saturated carbocycles. The summed E-state index contributed by atoms with van der Waals surface area (Å²) in [5.41, 5.74) is 2.66. The molecule has 2 aromatic rings. The fraction of sp³-hybridized carbons (Fsp3) is 0.440. The van der Waals surface area contributed by atoms with Gasteiger partial charge in [0.1, 0.15) is 5.75 Å². The second-order valence-electron chi connectivity index (χ2n) is 8.55. The Morgan fingerprint density at radius 3 is 2.23 bits per heavy atom. The molecule has 1 heterocycles. The van der Waals surface area contributed by atoms with Crippen LogP contribution in [0.1, 0.15) is 46.8 Å². The van der Waals surface area contributed by atoms with Crippen LogP contribution in [0.2, 0.25) is 0 Å². The monoisotopic (exact) mass is 441 g/mol.